The van der Waals surface area contributed by atoms with E-state index in [2.05, 4.69) is 37.4 Å². The largest absolute Gasteiger partial charge is 0.497 e. The molecule has 3 nitrogen and oxygen atoms in total. The van der Waals surface area contributed by atoms with Crippen LogP contribution in [-0.2, 0) is 13.2 Å². The highest BCUT2D eigenvalue weighted by Gasteiger charge is 2.07. The van der Waals surface area contributed by atoms with Crippen LogP contribution >= 0.6 is 0 Å². The molecule has 0 aliphatic carbocycles. The second kappa shape index (κ2) is 8.44. The number of hydrogen-bond acceptors (Lipinski definition) is 3. The average Bonchev–Trinajstić information content (AvgIpc) is 2.54. The van der Waals surface area contributed by atoms with E-state index in [0.717, 1.165) is 35.7 Å². The molecule has 0 aromatic heterocycles. The lowest BCUT2D eigenvalue weighted by molar-refractivity contribution is 0.299. The Balaban J connectivity index is 2.05. The van der Waals surface area contributed by atoms with Gasteiger partial charge in [0.1, 0.15) is 18.1 Å². The number of ether oxygens (including phenoxy) is 2. The molecule has 0 atom stereocenters. The summed E-state index contributed by atoms with van der Waals surface area (Å²) in [6, 6.07) is 16.2. The molecule has 0 fully saturated rings. The zero-order valence-electron chi connectivity index (χ0n) is 13.6. The summed E-state index contributed by atoms with van der Waals surface area (Å²) in [5.41, 5.74) is 2.31. The van der Waals surface area contributed by atoms with Crippen molar-refractivity contribution in [3.63, 3.8) is 0 Å². The van der Waals surface area contributed by atoms with Gasteiger partial charge in [-0.2, -0.15) is 0 Å². The fraction of sp³-hybridized carbons (Fsp3) is 0.368. The summed E-state index contributed by atoms with van der Waals surface area (Å²) in [5, 5.41) is 3.46. The van der Waals surface area contributed by atoms with Gasteiger partial charge in [0.25, 0.3) is 0 Å². The van der Waals surface area contributed by atoms with Gasteiger partial charge < -0.3 is 14.8 Å². The number of methoxy groups -OCH3 is 1. The standard InChI is InChI=1S/C19H25NO2/c1-15(2)12-20-13-17-9-10-18(21-3)11-19(17)22-14-16-7-5-4-6-8-16/h4-11,15,20H,12-14H2,1-3H3. The molecule has 0 saturated heterocycles. The second-order valence-electron chi connectivity index (χ2n) is 5.77. The minimum Gasteiger partial charge on any atom is -0.497 e. The van der Waals surface area contributed by atoms with Crippen LogP contribution in [0.1, 0.15) is 25.0 Å². The summed E-state index contributed by atoms with van der Waals surface area (Å²) in [7, 11) is 1.67. The summed E-state index contributed by atoms with van der Waals surface area (Å²) in [4.78, 5) is 0. The van der Waals surface area contributed by atoms with Crippen molar-refractivity contribution in [1.82, 2.24) is 5.32 Å². The Labute approximate surface area is 133 Å². The Bertz CT molecular complexity index is 567. The Hall–Kier alpha value is -2.00. The number of benzene rings is 2. The van der Waals surface area contributed by atoms with Gasteiger partial charge in [-0.3, -0.25) is 0 Å². The molecule has 0 heterocycles. The molecule has 2 rings (SSSR count). The van der Waals surface area contributed by atoms with Crippen LogP contribution < -0.4 is 14.8 Å². The molecule has 2 aromatic rings. The van der Waals surface area contributed by atoms with Crippen molar-refractivity contribution in [2.24, 2.45) is 5.92 Å². The molecular weight excluding hydrogens is 274 g/mol. The normalized spacial score (nSPS) is 10.7. The first-order valence-corrected chi connectivity index (χ1v) is 7.73. The Morgan fingerprint density at radius 1 is 1.05 bits per heavy atom. The van der Waals surface area contributed by atoms with Crippen molar-refractivity contribution in [2.45, 2.75) is 27.0 Å². The summed E-state index contributed by atoms with van der Waals surface area (Å²) in [6.45, 7) is 6.75. The molecule has 22 heavy (non-hydrogen) atoms. The van der Waals surface area contributed by atoms with Crippen molar-refractivity contribution in [3.8, 4) is 11.5 Å². The first-order chi connectivity index (χ1) is 10.7. The van der Waals surface area contributed by atoms with Crippen LogP contribution in [0.25, 0.3) is 0 Å². The predicted molar refractivity (Wildman–Crippen MR) is 90.3 cm³/mol. The van der Waals surface area contributed by atoms with Gasteiger partial charge in [-0.25, -0.2) is 0 Å². The molecule has 0 spiro atoms. The zero-order valence-corrected chi connectivity index (χ0v) is 13.6. The number of hydrogen-bond donors (Lipinski definition) is 1. The Kier molecular flexibility index (Phi) is 6.28. The van der Waals surface area contributed by atoms with Gasteiger partial charge in [0.05, 0.1) is 7.11 Å². The maximum Gasteiger partial charge on any atom is 0.127 e. The van der Waals surface area contributed by atoms with Gasteiger partial charge >= 0.3 is 0 Å². The van der Waals surface area contributed by atoms with Crippen LogP contribution in [0.15, 0.2) is 48.5 Å². The quantitative estimate of drug-likeness (QED) is 0.798. The minimum absolute atomic E-state index is 0.561. The highest BCUT2D eigenvalue weighted by atomic mass is 16.5. The molecular formula is C19H25NO2. The van der Waals surface area contributed by atoms with E-state index in [1.807, 2.05) is 30.3 Å². The molecule has 0 bridgehead atoms. The summed E-state index contributed by atoms with van der Waals surface area (Å²) in [5.74, 6) is 2.32. The zero-order chi connectivity index (χ0) is 15.8. The van der Waals surface area contributed by atoms with Crippen molar-refractivity contribution in [2.75, 3.05) is 13.7 Å². The molecule has 0 saturated carbocycles. The third-order valence-corrected chi connectivity index (χ3v) is 3.38. The van der Waals surface area contributed by atoms with Crippen molar-refractivity contribution in [1.29, 1.82) is 0 Å². The lowest BCUT2D eigenvalue weighted by Crippen LogP contribution is -2.19. The van der Waals surface area contributed by atoms with Crippen LogP contribution in [0.4, 0.5) is 0 Å². The van der Waals surface area contributed by atoms with Crippen molar-refractivity contribution in [3.05, 3.63) is 59.7 Å². The van der Waals surface area contributed by atoms with Crippen LogP contribution in [0.3, 0.4) is 0 Å². The SMILES string of the molecule is COc1ccc(CNCC(C)C)c(OCc2ccccc2)c1. The molecule has 3 heteroatoms. The van der Waals surface area contributed by atoms with Crippen LogP contribution in [-0.4, -0.2) is 13.7 Å². The molecule has 0 unspecified atom stereocenters. The van der Waals surface area contributed by atoms with Gasteiger partial charge in [0.2, 0.25) is 0 Å². The molecule has 118 valence electrons. The van der Waals surface area contributed by atoms with E-state index in [4.69, 9.17) is 9.47 Å². The summed E-state index contributed by atoms with van der Waals surface area (Å²) >= 11 is 0. The second-order valence-corrected chi connectivity index (χ2v) is 5.77. The van der Waals surface area contributed by atoms with Crippen LogP contribution in [0, 0.1) is 5.92 Å². The summed E-state index contributed by atoms with van der Waals surface area (Å²) in [6.07, 6.45) is 0. The minimum atomic E-state index is 0.561. The highest BCUT2D eigenvalue weighted by Crippen LogP contribution is 2.25. The fourth-order valence-electron chi connectivity index (χ4n) is 2.17. The smallest absolute Gasteiger partial charge is 0.127 e. The predicted octanol–water partition coefficient (Wildman–Crippen LogP) is 4.02. The van der Waals surface area contributed by atoms with E-state index in [9.17, 15) is 0 Å². The van der Waals surface area contributed by atoms with Gasteiger partial charge in [0.15, 0.2) is 0 Å². The highest BCUT2D eigenvalue weighted by molar-refractivity contribution is 5.41. The number of rotatable bonds is 8. The average molecular weight is 299 g/mol. The van der Waals surface area contributed by atoms with E-state index < -0.39 is 0 Å². The molecule has 0 amide bonds. The van der Waals surface area contributed by atoms with E-state index in [0.29, 0.717) is 12.5 Å². The van der Waals surface area contributed by atoms with Gasteiger partial charge in [0, 0.05) is 18.2 Å². The third-order valence-electron chi connectivity index (χ3n) is 3.38. The maximum atomic E-state index is 6.00. The topological polar surface area (TPSA) is 30.5 Å². The molecule has 2 aromatic carbocycles. The van der Waals surface area contributed by atoms with Crippen LogP contribution in [0.2, 0.25) is 0 Å². The molecule has 0 aliphatic rings. The van der Waals surface area contributed by atoms with Gasteiger partial charge in [-0.05, 0) is 24.1 Å². The monoisotopic (exact) mass is 299 g/mol. The Morgan fingerprint density at radius 3 is 2.50 bits per heavy atom. The van der Waals surface area contributed by atoms with Crippen molar-refractivity contribution >= 4 is 0 Å². The Morgan fingerprint density at radius 2 is 1.82 bits per heavy atom. The van der Waals surface area contributed by atoms with Crippen molar-refractivity contribution < 1.29 is 9.47 Å². The molecule has 1 N–H and O–H groups in total. The third kappa shape index (κ3) is 5.08. The van der Waals surface area contributed by atoms with E-state index in [-0.39, 0.29) is 0 Å². The first-order valence-electron chi connectivity index (χ1n) is 7.73. The first kappa shape index (κ1) is 16.4. The van der Waals surface area contributed by atoms with Gasteiger partial charge in [-0.15, -0.1) is 0 Å². The van der Waals surface area contributed by atoms with E-state index >= 15 is 0 Å². The van der Waals surface area contributed by atoms with Crippen LogP contribution in [0.5, 0.6) is 11.5 Å². The lowest BCUT2D eigenvalue weighted by Gasteiger charge is -2.14. The molecule has 0 radical (unpaired) electrons. The fourth-order valence-corrected chi connectivity index (χ4v) is 2.17. The summed E-state index contributed by atoms with van der Waals surface area (Å²) < 4.78 is 11.3. The molecule has 0 aliphatic heterocycles. The van der Waals surface area contributed by atoms with Gasteiger partial charge in [-0.1, -0.05) is 50.2 Å². The van der Waals surface area contributed by atoms with E-state index in [1.165, 1.54) is 0 Å². The maximum absolute atomic E-state index is 6.00. The lowest BCUT2D eigenvalue weighted by atomic mass is 10.1. The van der Waals surface area contributed by atoms with E-state index in [1.54, 1.807) is 7.11 Å². The number of nitrogens with one attached hydrogen (secondary N) is 1.